The van der Waals surface area contributed by atoms with E-state index in [0.717, 1.165) is 12.1 Å². The summed E-state index contributed by atoms with van der Waals surface area (Å²) in [5, 5.41) is 0. The molecule has 6 nitrogen and oxygen atoms in total. The van der Waals surface area contributed by atoms with Crippen LogP contribution in [0.1, 0.15) is 5.56 Å². The van der Waals surface area contributed by atoms with Crippen LogP contribution in [0, 0.1) is 0 Å². The van der Waals surface area contributed by atoms with E-state index >= 15 is 0 Å². The second-order valence-electron chi connectivity index (χ2n) is 3.68. The molecule has 0 amide bonds. The summed E-state index contributed by atoms with van der Waals surface area (Å²) in [6, 6.07) is 2.70. The molecule has 0 bridgehead atoms. The van der Waals surface area contributed by atoms with E-state index in [-0.39, 0.29) is 0 Å². The predicted molar refractivity (Wildman–Crippen MR) is 55.9 cm³/mol. The smallest absolute Gasteiger partial charge is 0.427 e. The lowest BCUT2D eigenvalue weighted by molar-refractivity contribution is -0.137. The van der Waals surface area contributed by atoms with Crippen molar-refractivity contribution in [2.45, 2.75) is 17.4 Å². The molecule has 1 fully saturated rings. The Balaban J connectivity index is 2.15. The highest BCUT2D eigenvalue weighted by Gasteiger charge is 2.33. The van der Waals surface area contributed by atoms with E-state index in [1.54, 1.807) is 0 Å². The fourth-order valence-electron chi connectivity index (χ4n) is 1.37. The predicted octanol–water partition coefficient (Wildman–Crippen LogP) is 1.90. The molecule has 0 aliphatic carbocycles. The Hall–Kier alpha value is -1.81. The van der Waals surface area contributed by atoms with Crippen molar-refractivity contribution < 1.29 is 40.0 Å². The Labute approximate surface area is 111 Å². The highest BCUT2D eigenvalue weighted by atomic mass is 32.2. The first kappa shape index (κ1) is 14.6. The molecule has 1 saturated heterocycles. The molecule has 1 unspecified atom stereocenters. The van der Waals surface area contributed by atoms with Gasteiger partial charge in [0.1, 0.15) is 0 Å². The van der Waals surface area contributed by atoms with Crippen LogP contribution in [0.15, 0.2) is 29.2 Å². The fourth-order valence-corrected chi connectivity index (χ4v) is 2.32. The van der Waals surface area contributed by atoms with Crippen LogP contribution in [0.2, 0.25) is 0 Å². The van der Waals surface area contributed by atoms with Gasteiger partial charge in [0, 0.05) is 0 Å². The van der Waals surface area contributed by atoms with Crippen LogP contribution >= 0.6 is 0 Å². The van der Waals surface area contributed by atoms with Crippen LogP contribution in [0.4, 0.5) is 18.0 Å². The normalized spacial score (nSPS) is 19.6. The molecule has 1 atom stereocenters. The molecule has 1 heterocycles. The van der Waals surface area contributed by atoms with E-state index in [4.69, 9.17) is 0 Å². The zero-order valence-corrected chi connectivity index (χ0v) is 10.4. The Morgan fingerprint density at radius 3 is 2.25 bits per heavy atom. The van der Waals surface area contributed by atoms with Gasteiger partial charge in [0.25, 0.3) is 16.4 Å². The minimum absolute atomic E-state index is 0.418. The molecule has 20 heavy (non-hydrogen) atoms. The molecule has 0 aromatic heterocycles. The summed E-state index contributed by atoms with van der Waals surface area (Å²) in [7, 11) is -4.35. The number of ether oxygens (including phenoxy) is 2. The molecule has 0 N–H and O–H groups in total. The van der Waals surface area contributed by atoms with Gasteiger partial charge in [-0.2, -0.15) is 21.6 Å². The van der Waals surface area contributed by atoms with Gasteiger partial charge >= 0.3 is 12.3 Å². The lowest BCUT2D eigenvalue weighted by atomic mass is 10.2. The monoisotopic (exact) mass is 312 g/mol. The van der Waals surface area contributed by atoms with Gasteiger partial charge in [0.2, 0.25) is 0 Å². The summed E-state index contributed by atoms with van der Waals surface area (Å²) in [4.78, 5) is 10.1. The van der Waals surface area contributed by atoms with E-state index in [0.29, 0.717) is 12.1 Å². The maximum atomic E-state index is 12.3. The first-order chi connectivity index (χ1) is 9.18. The number of carbonyl (C=O) groups excluding carboxylic acids is 1. The summed E-state index contributed by atoms with van der Waals surface area (Å²) in [6.07, 6.45) is -7.11. The fraction of sp³-hybridized carbons (Fsp3) is 0.300. The van der Waals surface area contributed by atoms with Crippen molar-refractivity contribution in [2.24, 2.45) is 0 Å². The van der Waals surface area contributed by atoms with Gasteiger partial charge in [0.15, 0.2) is 6.61 Å². The number of hydrogen-bond acceptors (Lipinski definition) is 6. The first-order valence-electron chi connectivity index (χ1n) is 5.12. The molecule has 1 aliphatic rings. The van der Waals surface area contributed by atoms with Crippen molar-refractivity contribution in [3.63, 3.8) is 0 Å². The van der Waals surface area contributed by atoms with Gasteiger partial charge in [-0.1, -0.05) is 0 Å². The molecular formula is C10H7F3O6S. The second-order valence-corrected chi connectivity index (χ2v) is 5.25. The third-order valence-corrected chi connectivity index (χ3v) is 3.59. The van der Waals surface area contributed by atoms with Crippen LogP contribution in [0.3, 0.4) is 0 Å². The van der Waals surface area contributed by atoms with Gasteiger partial charge < -0.3 is 9.47 Å². The van der Waals surface area contributed by atoms with Crippen molar-refractivity contribution in [1.82, 2.24) is 0 Å². The molecular weight excluding hydrogens is 305 g/mol. The molecule has 2 rings (SSSR count). The summed E-state index contributed by atoms with van der Waals surface area (Å²) in [5.41, 5.74) is -0.993. The lowest BCUT2D eigenvalue weighted by Crippen LogP contribution is -2.20. The van der Waals surface area contributed by atoms with Crippen LogP contribution in [0.5, 0.6) is 0 Å². The van der Waals surface area contributed by atoms with Crippen molar-refractivity contribution in [3.8, 4) is 0 Å². The Kier molecular flexibility index (Phi) is 3.61. The van der Waals surface area contributed by atoms with Crippen molar-refractivity contribution in [1.29, 1.82) is 0 Å². The van der Waals surface area contributed by atoms with Crippen LogP contribution in [-0.2, 0) is 30.0 Å². The quantitative estimate of drug-likeness (QED) is 0.626. The number of hydrogen-bond donors (Lipinski definition) is 0. The number of benzene rings is 1. The van der Waals surface area contributed by atoms with E-state index in [1.807, 2.05) is 0 Å². The Morgan fingerprint density at radius 2 is 1.80 bits per heavy atom. The molecule has 0 saturated carbocycles. The second kappa shape index (κ2) is 4.94. The summed E-state index contributed by atoms with van der Waals surface area (Å²) < 4.78 is 73.6. The first-order valence-corrected chi connectivity index (χ1v) is 6.53. The van der Waals surface area contributed by atoms with E-state index < -0.39 is 45.8 Å². The van der Waals surface area contributed by atoms with Crippen LogP contribution < -0.4 is 0 Å². The van der Waals surface area contributed by atoms with E-state index in [2.05, 4.69) is 13.7 Å². The van der Waals surface area contributed by atoms with Crippen molar-refractivity contribution >= 4 is 16.3 Å². The topological polar surface area (TPSA) is 78.9 Å². The van der Waals surface area contributed by atoms with E-state index in [9.17, 15) is 26.4 Å². The van der Waals surface area contributed by atoms with Gasteiger partial charge in [-0.15, -0.1) is 0 Å². The van der Waals surface area contributed by atoms with E-state index in [1.165, 1.54) is 0 Å². The number of carbonyl (C=O) groups is 1. The van der Waals surface area contributed by atoms with Gasteiger partial charge in [0.05, 0.1) is 10.5 Å². The Bertz CT molecular complexity index is 607. The average Bonchev–Trinajstić information content (AvgIpc) is 2.73. The third kappa shape index (κ3) is 3.20. The van der Waals surface area contributed by atoms with Crippen LogP contribution in [-0.4, -0.2) is 27.5 Å². The highest BCUT2D eigenvalue weighted by molar-refractivity contribution is 7.86. The third-order valence-electron chi connectivity index (χ3n) is 2.27. The number of rotatable bonds is 3. The number of halogens is 3. The summed E-state index contributed by atoms with van der Waals surface area (Å²) in [5.74, 6) is 0. The highest BCUT2D eigenvalue weighted by Crippen LogP contribution is 2.30. The van der Waals surface area contributed by atoms with Crippen molar-refractivity contribution in [2.75, 3.05) is 6.61 Å². The van der Waals surface area contributed by atoms with Crippen molar-refractivity contribution in [3.05, 3.63) is 29.8 Å². The molecule has 0 radical (unpaired) electrons. The minimum atomic E-state index is -4.57. The molecule has 1 aromatic rings. The van der Waals surface area contributed by atoms with Gasteiger partial charge in [-0.05, 0) is 24.3 Å². The number of cyclic esters (lactones) is 2. The van der Waals surface area contributed by atoms with Gasteiger partial charge in [-0.25, -0.2) is 8.98 Å². The SMILES string of the molecule is O=C1OCC(OS(=O)(=O)c2ccc(C(F)(F)F)cc2)O1. The standard InChI is InChI=1S/C10H7F3O6S/c11-10(12,13)6-1-3-7(4-2-6)20(15,16)19-8-5-17-9(14)18-8/h1-4,8H,5H2. The zero-order chi connectivity index (χ0) is 15.0. The minimum Gasteiger partial charge on any atom is -0.427 e. The lowest BCUT2D eigenvalue weighted by Gasteiger charge is -2.10. The summed E-state index contributed by atoms with van der Waals surface area (Å²) >= 11 is 0. The molecule has 0 spiro atoms. The molecule has 1 aliphatic heterocycles. The number of alkyl halides is 3. The molecule has 10 heteroatoms. The van der Waals surface area contributed by atoms with Crippen LogP contribution in [0.25, 0.3) is 0 Å². The van der Waals surface area contributed by atoms with Gasteiger partial charge in [-0.3, -0.25) is 0 Å². The Morgan fingerprint density at radius 1 is 1.20 bits per heavy atom. The summed E-state index contributed by atoms with van der Waals surface area (Å²) in [6.45, 7) is -0.418. The maximum absolute atomic E-state index is 12.3. The average molecular weight is 312 g/mol. The zero-order valence-electron chi connectivity index (χ0n) is 9.59. The maximum Gasteiger partial charge on any atom is 0.510 e. The molecule has 1 aromatic carbocycles. The molecule has 110 valence electrons. The largest absolute Gasteiger partial charge is 0.510 e.